The third-order valence-electron chi connectivity index (χ3n) is 6.99. The number of piperidine rings is 1. The number of aromatic nitrogens is 1. The van der Waals surface area contributed by atoms with Gasteiger partial charge in [-0.15, -0.1) is 0 Å². The zero-order valence-electron chi connectivity index (χ0n) is 20.6. The number of methoxy groups -OCH3 is 1. The highest BCUT2D eigenvalue weighted by Crippen LogP contribution is 2.29. The molecule has 0 bridgehead atoms. The standard InChI is InChI=1S/C27H32BrN3O4/c1-17-12-19(4-5-23(17)28)16-30-10-8-22(9-11-30)31-24(6-7-26(31)33)25(32)15-21-14-20(27(34)35-3)13-18(2)29-21/h4-5,12-14,22,24H,6-11,15-16H2,1-3H3/t24-/m1/s1. The second-order valence-electron chi connectivity index (χ2n) is 9.57. The summed E-state index contributed by atoms with van der Waals surface area (Å²) in [6, 6.07) is 9.37. The van der Waals surface area contributed by atoms with Crippen LogP contribution in [-0.2, 0) is 27.3 Å². The first-order valence-corrected chi connectivity index (χ1v) is 12.9. The molecule has 0 spiro atoms. The van der Waals surface area contributed by atoms with Crippen molar-refractivity contribution in [3.63, 3.8) is 0 Å². The highest BCUT2D eigenvalue weighted by molar-refractivity contribution is 9.10. The summed E-state index contributed by atoms with van der Waals surface area (Å²) in [6.07, 6.45) is 2.78. The SMILES string of the molecule is COC(=O)c1cc(C)nc(CC(=O)[C@H]2CCC(=O)N2C2CCN(Cc3ccc(Br)c(C)c3)CC2)c1. The lowest BCUT2D eigenvalue weighted by molar-refractivity contribution is -0.137. The Morgan fingerprint density at radius 1 is 1.11 bits per heavy atom. The van der Waals surface area contributed by atoms with Gasteiger partial charge in [-0.3, -0.25) is 19.5 Å². The summed E-state index contributed by atoms with van der Waals surface area (Å²) in [5.41, 5.74) is 4.09. The van der Waals surface area contributed by atoms with Crippen LogP contribution in [0.1, 0.15) is 58.6 Å². The minimum Gasteiger partial charge on any atom is -0.465 e. The van der Waals surface area contributed by atoms with Gasteiger partial charge in [-0.1, -0.05) is 28.1 Å². The van der Waals surface area contributed by atoms with Gasteiger partial charge < -0.3 is 9.64 Å². The number of ketones is 1. The largest absolute Gasteiger partial charge is 0.465 e. The topological polar surface area (TPSA) is 79.8 Å². The molecule has 1 amide bonds. The first-order chi connectivity index (χ1) is 16.7. The number of esters is 1. The smallest absolute Gasteiger partial charge is 0.337 e. The number of halogens is 1. The number of likely N-dealkylation sites (tertiary alicyclic amines) is 2. The average Bonchev–Trinajstić information content (AvgIpc) is 3.22. The van der Waals surface area contributed by atoms with Crippen molar-refractivity contribution in [1.82, 2.24) is 14.8 Å². The molecular weight excluding hydrogens is 510 g/mol. The number of amides is 1. The predicted molar refractivity (Wildman–Crippen MR) is 136 cm³/mol. The van der Waals surface area contributed by atoms with Crippen molar-refractivity contribution in [2.24, 2.45) is 0 Å². The van der Waals surface area contributed by atoms with Crippen LogP contribution < -0.4 is 0 Å². The van der Waals surface area contributed by atoms with Crippen LogP contribution in [0, 0.1) is 13.8 Å². The van der Waals surface area contributed by atoms with E-state index in [1.54, 1.807) is 19.1 Å². The second kappa shape index (κ2) is 11.0. The third kappa shape index (κ3) is 5.98. The van der Waals surface area contributed by atoms with E-state index in [-0.39, 0.29) is 24.2 Å². The lowest BCUT2D eigenvalue weighted by atomic mass is 9.98. The van der Waals surface area contributed by atoms with Crippen LogP contribution in [-0.4, -0.2) is 64.7 Å². The number of hydrogen-bond acceptors (Lipinski definition) is 6. The summed E-state index contributed by atoms with van der Waals surface area (Å²) in [5, 5.41) is 0. The van der Waals surface area contributed by atoms with Crippen LogP contribution in [0.5, 0.6) is 0 Å². The molecule has 2 saturated heterocycles. The third-order valence-corrected chi connectivity index (χ3v) is 7.88. The Balaban J connectivity index is 1.39. The van der Waals surface area contributed by atoms with Crippen LogP contribution in [0.4, 0.5) is 0 Å². The number of rotatable bonds is 7. The Morgan fingerprint density at radius 2 is 1.86 bits per heavy atom. The van der Waals surface area contributed by atoms with Crippen molar-refractivity contribution in [1.29, 1.82) is 0 Å². The van der Waals surface area contributed by atoms with Crippen LogP contribution in [0.15, 0.2) is 34.8 Å². The number of pyridine rings is 1. The monoisotopic (exact) mass is 541 g/mol. The number of aryl methyl sites for hydroxylation is 2. The van der Waals surface area contributed by atoms with Gasteiger partial charge in [0.1, 0.15) is 0 Å². The van der Waals surface area contributed by atoms with E-state index in [2.05, 4.69) is 50.9 Å². The first kappa shape index (κ1) is 25.5. The van der Waals surface area contributed by atoms with E-state index in [1.165, 1.54) is 18.2 Å². The van der Waals surface area contributed by atoms with Gasteiger partial charge in [-0.25, -0.2) is 4.79 Å². The molecule has 0 N–H and O–H groups in total. The highest BCUT2D eigenvalue weighted by atomic mass is 79.9. The van der Waals surface area contributed by atoms with Crippen molar-refractivity contribution in [2.45, 2.75) is 64.6 Å². The molecule has 0 saturated carbocycles. The summed E-state index contributed by atoms with van der Waals surface area (Å²) in [7, 11) is 1.33. The van der Waals surface area contributed by atoms with E-state index in [0.717, 1.165) is 36.9 Å². The number of carbonyl (C=O) groups excluding carboxylic acids is 3. The fourth-order valence-electron chi connectivity index (χ4n) is 5.26. The van der Waals surface area contributed by atoms with Gasteiger partial charge in [-0.2, -0.15) is 0 Å². The number of carbonyl (C=O) groups is 3. The molecule has 35 heavy (non-hydrogen) atoms. The minimum atomic E-state index is -0.452. The molecule has 3 heterocycles. The van der Waals surface area contributed by atoms with Crippen LogP contribution in [0.3, 0.4) is 0 Å². The Hall–Kier alpha value is -2.58. The predicted octanol–water partition coefficient (Wildman–Crippen LogP) is 4.01. The molecule has 0 aliphatic carbocycles. The van der Waals surface area contributed by atoms with Gasteiger partial charge in [0.25, 0.3) is 0 Å². The Bertz CT molecular complexity index is 1130. The van der Waals surface area contributed by atoms with E-state index in [9.17, 15) is 14.4 Å². The van der Waals surface area contributed by atoms with Crippen LogP contribution >= 0.6 is 15.9 Å². The normalized spacial score (nSPS) is 19.3. The summed E-state index contributed by atoms with van der Waals surface area (Å²) in [4.78, 5) is 46.7. The number of benzene rings is 1. The Morgan fingerprint density at radius 3 is 2.54 bits per heavy atom. The highest BCUT2D eigenvalue weighted by Gasteiger charge is 2.41. The molecule has 1 atom stereocenters. The van der Waals surface area contributed by atoms with Gasteiger partial charge in [0.15, 0.2) is 5.78 Å². The zero-order chi connectivity index (χ0) is 25.1. The Kier molecular flexibility index (Phi) is 8.02. The van der Waals surface area contributed by atoms with Crippen molar-refractivity contribution in [3.8, 4) is 0 Å². The lowest BCUT2D eigenvalue weighted by Gasteiger charge is -2.39. The molecule has 2 aromatic rings. The first-order valence-electron chi connectivity index (χ1n) is 12.1. The maximum Gasteiger partial charge on any atom is 0.337 e. The van der Waals surface area contributed by atoms with Crippen molar-refractivity contribution in [2.75, 3.05) is 20.2 Å². The van der Waals surface area contributed by atoms with E-state index in [4.69, 9.17) is 4.74 Å². The number of hydrogen-bond donors (Lipinski definition) is 0. The maximum atomic E-state index is 13.3. The molecule has 2 fully saturated rings. The van der Waals surface area contributed by atoms with E-state index >= 15 is 0 Å². The molecule has 2 aliphatic rings. The molecule has 0 unspecified atom stereocenters. The molecule has 186 valence electrons. The summed E-state index contributed by atoms with van der Waals surface area (Å²) >= 11 is 3.56. The molecule has 7 nitrogen and oxygen atoms in total. The average molecular weight is 542 g/mol. The molecule has 4 rings (SSSR count). The van der Waals surface area contributed by atoms with Gasteiger partial charge in [0.05, 0.1) is 25.1 Å². The molecule has 1 aromatic carbocycles. The summed E-state index contributed by atoms with van der Waals surface area (Å²) < 4.78 is 5.92. The van der Waals surface area contributed by atoms with Gasteiger partial charge in [0, 0.05) is 48.0 Å². The second-order valence-corrected chi connectivity index (χ2v) is 10.4. The van der Waals surface area contributed by atoms with E-state index in [1.807, 2.05) is 4.90 Å². The van der Waals surface area contributed by atoms with Gasteiger partial charge >= 0.3 is 5.97 Å². The summed E-state index contributed by atoms with van der Waals surface area (Å²) in [6.45, 7) is 6.56. The molecule has 0 radical (unpaired) electrons. The molecule has 1 aromatic heterocycles. The summed E-state index contributed by atoms with van der Waals surface area (Å²) in [5.74, 6) is -0.401. The maximum absolute atomic E-state index is 13.3. The number of Topliss-reactive ketones (excluding diaryl/α,β-unsaturated/α-hetero) is 1. The Labute approximate surface area is 215 Å². The molecule has 8 heteroatoms. The van der Waals surface area contributed by atoms with Crippen LogP contribution in [0.2, 0.25) is 0 Å². The van der Waals surface area contributed by atoms with Crippen LogP contribution in [0.25, 0.3) is 0 Å². The van der Waals surface area contributed by atoms with Gasteiger partial charge in [-0.05, 0) is 62.4 Å². The fourth-order valence-corrected chi connectivity index (χ4v) is 5.50. The van der Waals surface area contributed by atoms with Crippen molar-refractivity contribution in [3.05, 3.63) is 62.9 Å². The van der Waals surface area contributed by atoms with Gasteiger partial charge in [0.2, 0.25) is 5.91 Å². The van der Waals surface area contributed by atoms with Crippen molar-refractivity contribution >= 4 is 33.6 Å². The van der Waals surface area contributed by atoms with E-state index < -0.39 is 12.0 Å². The zero-order valence-corrected chi connectivity index (χ0v) is 22.1. The lowest BCUT2D eigenvalue weighted by Crippen LogP contribution is -2.50. The quantitative estimate of drug-likeness (QED) is 0.492. The number of nitrogens with zero attached hydrogens (tertiary/aromatic N) is 3. The van der Waals surface area contributed by atoms with Crippen molar-refractivity contribution < 1.29 is 19.1 Å². The number of ether oxygens (including phenoxy) is 1. The molecular formula is C27H32BrN3O4. The fraction of sp³-hybridized carbons (Fsp3) is 0.481. The molecule has 2 aliphatic heterocycles. The van der Waals surface area contributed by atoms with E-state index in [0.29, 0.717) is 29.8 Å². The minimum absolute atomic E-state index is 0.0162.